The van der Waals surface area contributed by atoms with Gasteiger partial charge < -0.3 is 5.32 Å². The predicted molar refractivity (Wildman–Crippen MR) is 75.2 cm³/mol. The highest BCUT2D eigenvalue weighted by molar-refractivity contribution is 7.87. The van der Waals surface area contributed by atoms with Crippen molar-refractivity contribution in [2.75, 3.05) is 26.2 Å². The van der Waals surface area contributed by atoms with Crippen LogP contribution in [0.5, 0.6) is 0 Å². The van der Waals surface area contributed by atoms with E-state index in [2.05, 4.69) is 10.0 Å². The van der Waals surface area contributed by atoms with Crippen molar-refractivity contribution >= 4 is 22.6 Å². The van der Waals surface area contributed by atoms with Gasteiger partial charge in [0, 0.05) is 25.7 Å². The Morgan fingerprint density at radius 3 is 2.50 bits per heavy atom. The molecule has 2 heterocycles. The van der Waals surface area contributed by atoms with Crippen LogP contribution >= 0.6 is 12.4 Å². The second-order valence-electron chi connectivity index (χ2n) is 4.94. The third-order valence-electron chi connectivity index (χ3n) is 3.59. The van der Waals surface area contributed by atoms with E-state index in [0.29, 0.717) is 25.7 Å². The van der Waals surface area contributed by atoms with Crippen molar-refractivity contribution in [1.82, 2.24) is 14.3 Å². The van der Waals surface area contributed by atoms with Crippen molar-refractivity contribution in [3.05, 3.63) is 0 Å². The maximum Gasteiger partial charge on any atom is 0.279 e. The van der Waals surface area contributed by atoms with Crippen molar-refractivity contribution in [3.8, 4) is 0 Å². The summed E-state index contributed by atoms with van der Waals surface area (Å²) in [6.07, 6.45) is 6.41. The van der Waals surface area contributed by atoms with Crippen LogP contribution < -0.4 is 10.0 Å². The van der Waals surface area contributed by atoms with E-state index in [-0.39, 0.29) is 12.4 Å². The number of nitrogens with zero attached hydrogens (tertiary/aromatic N) is 1. The summed E-state index contributed by atoms with van der Waals surface area (Å²) in [7, 11) is -3.22. The Morgan fingerprint density at radius 2 is 1.89 bits per heavy atom. The lowest BCUT2D eigenvalue weighted by atomic mass is 10.2. The third kappa shape index (κ3) is 4.66. The number of halogens is 1. The number of hydrogen-bond donors (Lipinski definition) is 2. The van der Waals surface area contributed by atoms with Gasteiger partial charge in [0.15, 0.2) is 0 Å². The van der Waals surface area contributed by atoms with Crippen molar-refractivity contribution in [2.24, 2.45) is 0 Å². The van der Waals surface area contributed by atoms with Gasteiger partial charge in [-0.2, -0.15) is 12.7 Å². The summed E-state index contributed by atoms with van der Waals surface area (Å²) in [5.74, 6) is 0. The highest BCUT2D eigenvalue weighted by Gasteiger charge is 2.23. The fourth-order valence-corrected chi connectivity index (χ4v) is 3.86. The minimum atomic E-state index is -3.22. The average molecular weight is 298 g/mol. The summed E-state index contributed by atoms with van der Waals surface area (Å²) in [6, 6.07) is 0.499. The first-order valence-electron chi connectivity index (χ1n) is 6.66. The van der Waals surface area contributed by atoms with Gasteiger partial charge in [0.25, 0.3) is 10.2 Å². The first kappa shape index (κ1) is 16.2. The molecule has 2 N–H and O–H groups in total. The molecular formula is C11H24ClN3O2S. The second-order valence-corrected chi connectivity index (χ2v) is 6.70. The van der Waals surface area contributed by atoms with Crippen molar-refractivity contribution in [3.63, 3.8) is 0 Å². The Labute approximate surface area is 116 Å². The molecule has 0 radical (unpaired) electrons. The predicted octanol–water partition coefficient (Wildman–Crippen LogP) is 0.871. The molecule has 18 heavy (non-hydrogen) atoms. The smallest absolute Gasteiger partial charge is 0.279 e. The molecule has 0 amide bonds. The first-order valence-corrected chi connectivity index (χ1v) is 8.10. The molecular weight excluding hydrogens is 274 g/mol. The van der Waals surface area contributed by atoms with Crippen LogP contribution in [0.4, 0.5) is 0 Å². The Morgan fingerprint density at radius 1 is 1.17 bits per heavy atom. The number of nitrogens with one attached hydrogen (secondary N) is 2. The fraction of sp³-hybridized carbons (Fsp3) is 1.00. The van der Waals surface area contributed by atoms with E-state index in [1.807, 2.05) is 0 Å². The Balaban J connectivity index is 0.00000162. The minimum absolute atomic E-state index is 0. The lowest BCUT2D eigenvalue weighted by molar-refractivity contribution is 0.341. The van der Waals surface area contributed by atoms with Crippen molar-refractivity contribution in [2.45, 2.75) is 44.6 Å². The van der Waals surface area contributed by atoms with Crippen molar-refractivity contribution < 1.29 is 8.42 Å². The van der Waals surface area contributed by atoms with Gasteiger partial charge in [0.05, 0.1) is 0 Å². The van der Waals surface area contributed by atoms with Gasteiger partial charge in [-0.05, 0) is 38.6 Å². The molecule has 0 aromatic heterocycles. The standard InChI is InChI=1S/C11H23N3O2S.ClH/c15-17(16,14-9-2-1-3-10-14)13-8-6-11-5-4-7-12-11;/h11-13H,1-10H2;1H/t11-;/m1./s1. The minimum Gasteiger partial charge on any atom is -0.314 e. The molecule has 2 aliphatic heterocycles. The van der Waals surface area contributed by atoms with Crippen LogP contribution in [0.15, 0.2) is 0 Å². The lowest BCUT2D eigenvalue weighted by Crippen LogP contribution is -2.44. The maximum atomic E-state index is 12.0. The van der Waals surface area contributed by atoms with Gasteiger partial charge in [0.2, 0.25) is 0 Å². The van der Waals surface area contributed by atoms with Gasteiger partial charge >= 0.3 is 0 Å². The van der Waals surface area contributed by atoms with Gasteiger partial charge in [-0.1, -0.05) is 6.42 Å². The zero-order chi connectivity index (χ0) is 12.1. The average Bonchev–Trinajstić information content (AvgIpc) is 2.83. The second kappa shape index (κ2) is 7.65. The topological polar surface area (TPSA) is 61.4 Å². The molecule has 0 aromatic rings. The zero-order valence-electron chi connectivity index (χ0n) is 10.7. The van der Waals surface area contributed by atoms with Gasteiger partial charge in [-0.3, -0.25) is 0 Å². The lowest BCUT2D eigenvalue weighted by Gasteiger charge is -2.26. The monoisotopic (exact) mass is 297 g/mol. The Hall–Kier alpha value is 0.120. The third-order valence-corrected chi connectivity index (χ3v) is 5.21. The van der Waals surface area contributed by atoms with Crippen LogP contribution in [0.3, 0.4) is 0 Å². The maximum absolute atomic E-state index is 12.0. The van der Waals surface area contributed by atoms with E-state index in [4.69, 9.17) is 0 Å². The van der Waals surface area contributed by atoms with Crippen LogP contribution in [0.25, 0.3) is 0 Å². The highest BCUT2D eigenvalue weighted by atomic mass is 35.5. The molecule has 108 valence electrons. The van der Waals surface area contributed by atoms with Gasteiger partial charge in [-0.25, -0.2) is 4.72 Å². The number of piperidine rings is 1. The molecule has 0 aromatic carbocycles. The highest BCUT2D eigenvalue weighted by Crippen LogP contribution is 2.12. The van der Waals surface area contributed by atoms with E-state index in [0.717, 1.165) is 32.2 Å². The van der Waals surface area contributed by atoms with E-state index in [9.17, 15) is 8.42 Å². The molecule has 0 saturated carbocycles. The molecule has 2 rings (SSSR count). The summed E-state index contributed by atoms with van der Waals surface area (Å²) in [5.41, 5.74) is 0. The molecule has 2 aliphatic rings. The molecule has 2 saturated heterocycles. The van der Waals surface area contributed by atoms with E-state index >= 15 is 0 Å². The van der Waals surface area contributed by atoms with E-state index in [1.165, 1.54) is 12.8 Å². The Bertz CT molecular complexity index is 325. The van der Waals surface area contributed by atoms with Crippen LogP contribution in [0.1, 0.15) is 38.5 Å². The molecule has 0 bridgehead atoms. The zero-order valence-corrected chi connectivity index (χ0v) is 12.4. The molecule has 7 heteroatoms. The molecule has 5 nitrogen and oxygen atoms in total. The first-order chi connectivity index (χ1) is 8.18. The molecule has 2 fully saturated rings. The van der Waals surface area contributed by atoms with Crippen molar-refractivity contribution in [1.29, 1.82) is 0 Å². The fourth-order valence-electron chi connectivity index (χ4n) is 2.56. The molecule has 0 aliphatic carbocycles. The summed E-state index contributed by atoms with van der Waals surface area (Å²) in [6.45, 7) is 2.98. The quantitative estimate of drug-likeness (QED) is 0.792. The summed E-state index contributed by atoms with van der Waals surface area (Å²) in [5, 5.41) is 3.37. The molecule has 1 atom stereocenters. The van der Waals surface area contributed by atoms with Crippen LogP contribution in [-0.4, -0.2) is 44.9 Å². The summed E-state index contributed by atoms with van der Waals surface area (Å²) >= 11 is 0. The molecule has 0 spiro atoms. The number of hydrogen-bond acceptors (Lipinski definition) is 3. The SMILES string of the molecule is Cl.O=S(=O)(NCC[C@H]1CCCN1)N1CCCCC1. The van der Waals surface area contributed by atoms with Crippen LogP contribution in [0, 0.1) is 0 Å². The summed E-state index contributed by atoms with van der Waals surface area (Å²) in [4.78, 5) is 0. The van der Waals surface area contributed by atoms with E-state index in [1.54, 1.807) is 4.31 Å². The van der Waals surface area contributed by atoms with Gasteiger partial charge in [0.1, 0.15) is 0 Å². The van der Waals surface area contributed by atoms with E-state index < -0.39 is 10.2 Å². The van der Waals surface area contributed by atoms with Crippen LogP contribution in [0.2, 0.25) is 0 Å². The molecule has 0 unspecified atom stereocenters. The normalized spacial score (nSPS) is 25.9. The number of rotatable bonds is 5. The van der Waals surface area contributed by atoms with Crippen LogP contribution in [-0.2, 0) is 10.2 Å². The van der Waals surface area contributed by atoms with Gasteiger partial charge in [-0.15, -0.1) is 12.4 Å². The summed E-state index contributed by atoms with van der Waals surface area (Å²) < 4.78 is 28.2. The largest absolute Gasteiger partial charge is 0.314 e. The Kier molecular flexibility index (Phi) is 6.87.